The third kappa shape index (κ3) is 2.83. The molecule has 0 spiro atoms. The molecule has 0 radical (unpaired) electrons. The van der Waals surface area contributed by atoms with Gasteiger partial charge in [-0.3, -0.25) is 4.79 Å². The number of fused-ring (bicyclic) bond motifs is 1. The van der Waals surface area contributed by atoms with Gasteiger partial charge < -0.3 is 4.74 Å². The van der Waals surface area contributed by atoms with Crippen LogP contribution in [0, 0.1) is 0 Å². The Kier molecular flexibility index (Phi) is 3.86. The lowest BCUT2D eigenvalue weighted by molar-refractivity contribution is -0.152. The zero-order chi connectivity index (χ0) is 13.1. The molecule has 102 valence electrons. The van der Waals surface area contributed by atoms with Gasteiger partial charge >= 0.3 is 5.97 Å². The second-order valence-electron chi connectivity index (χ2n) is 5.84. The molecule has 1 fully saturated rings. The zero-order valence-corrected chi connectivity index (χ0v) is 11.4. The van der Waals surface area contributed by atoms with Gasteiger partial charge in [-0.2, -0.15) is 0 Å². The standard InChI is InChI=1S/C17H22O2/c18-17(19-14-9-2-1-3-10-14)16-12-6-8-13-7-4-5-11-15(13)16/h4-5,7,11,14,16H,1-3,6,8-10,12H2. The highest BCUT2D eigenvalue weighted by Crippen LogP contribution is 2.33. The van der Waals surface area contributed by atoms with Crippen LogP contribution in [0.3, 0.4) is 0 Å². The van der Waals surface area contributed by atoms with Gasteiger partial charge in [0.15, 0.2) is 0 Å². The molecule has 1 saturated carbocycles. The maximum absolute atomic E-state index is 12.4. The number of benzene rings is 1. The predicted molar refractivity (Wildman–Crippen MR) is 75.1 cm³/mol. The molecule has 1 atom stereocenters. The molecule has 0 aromatic heterocycles. The van der Waals surface area contributed by atoms with E-state index in [4.69, 9.17) is 4.74 Å². The molecule has 19 heavy (non-hydrogen) atoms. The van der Waals surface area contributed by atoms with Crippen molar-refractivity contribution in [1.29, 1.82) is 0 Å². The fourth-order valence-corrected chi connectivity index (χ4v) is 3.43. The number of esters is 1. The van der Waals surface area contributed by atoms with Crippen LogP contribution in [0.4, 0.5) is 0 Å². The van der Waals surface area contributed by atoms with E-state index < -0.39 is 0 Å². The van der Waals surface area contributed by atoms with Crippen molar-refractivity contribution in [2.24, 2.45) is 0 Å². The van der Waals surface area contributed by atoms with Crippen molar-refractivity contribution in [3.63, 3.8) is 0 Å². The molecule has 1 unspecified atom stereocenters. The van der Waals surface area contributed by atoms with Crippen LogP contribution >= 0.6 is 0 Å². The molecular formula is C17H22O2. The van der Waals surface area contributed by atoms with Gasteiger partial charge in [0.25, 0.3) is 0 Å². The maximum atomic E-state index is 12.4. The van der Waals surface area contributed by atoms with Crippen LogP contribution in [0.1, 0.15) is 62.0 Å². The molecule has 0 bridgehead atoms. The summed E-state index contributed by atoms with van der Waals surface area (Å²) in [6.07, 6.45) is 9.14. The molecule has 0 heterocycles. The average Bonchev–Trinajstić information content (AvgIpc) is 2.47. The highest BCUT2D eigenvalue weighted by molar-refractivity contribution is 5.79. The fraction of sp³-hybridized carbons (Fsp3) is 0.588. The Morgan fingerprint density at radius 2 is 1.79 bits per heavy atom. The lowest BCUT2D eigenvalue weighted by Gasteiger charge is -2.28. The Hall–Kier alpha value is -1.31. The molecular weight excluding hydrogens is 236 g/mol. The lowest BCUT2D eigenvalue weighted by atomic mass is 9.83. The zero-order valence-electron chi connectivity index (χ0n) is 11.4. The Morgan fingerprint density at radius 1 is 1.00 bits per heavy atom. The number of aryl methyl sites for hydroxylation is 1. The summed E-state index contributed by atoms with van der Waals surface area (Å²) in [5.74, 6) is -0.00840. The Labute approximate surface area is 115 Å². The normalized spacial score (nSPS) is 23.7. The van der Waals surface area contributed by atoms with Crippen molar-refractivity contribution in [1.82, 2.24) is 0 Å². The third-order valence-corrected chi connectivity index (χ3v) is 4.49. The summed E-state index contributed by atoms with van der Waals surface area (Å²) in [4.78, 5) is 12.4. The van der Waals surface area contributed by atoms with E-state index in [2.05, 4.69) is 18.2 Å². The topological polar surface area (TPSA) is 26.3 Å². The summed E-state index contributed by atoms with van der Waals surface area (Å²) in [7, 11) is 0. The van der Waals surface area contributed by atoms with E-state index in [0.717, 1.165) is 32.1 Å². The van der Waals surface area contributed by atoms with E-state index in [1.165, 1.54) is 30.4 Å². The first-order valence-electron chi connectivity index (χ1n) is 7.63. The second kappa shape index (κ2) is 5.77. The van der Waals surface area contributed by atoms with Crippen LogP contribution in [0.5, 0.6) is 0 Å². The highest BCUT2D eigenvalue weighted by Gasteiger charge is 2.29. The van der Waals surface area contributed by atoms with E-state index in [1.54, 1.807) is 0 Å². The fourth-order valence-electron chi connectivity index (χ4n) is 3.43. The average molecular weight is 258 g/mol. The molecule has 0 N–H and O–H groups in total. The van der Waals surface area contributed by atoms with Crippen molar-refractivity contribution in [3.8, 4) is 0 Å². The lowest BCUT2D eigenvalue weighted by Crippen LogP contribution is -2.27. The molecule has 2 aliphatic carbocycles. The minimum absolute atomic E-state index is 0.0130. The quantitative estimate of drug-likeness (QED) is 0.750. The van der Waals surface area contributed by atoms with E-state index in [-0.39, 0.29) is 18.0 Å². The molecule has 0 amide bonds. The molecule has 1 aromatic rings. The summed E-state index contributed by atoms with van der Waals surface area (Å²) in [6, 6.07) is 8.34. The van der Waals surface area contributed by atoms with E-state index in [1.807, 2.05) is 6.07 Å². The van der Waals surface area contributed by atoms with Crippen LogP contribution in [-0.4, -0.2) is 12.1 Å². The largest absolute Gasteiger partial charge is 0.462 e. The number of rotatable bonds is 2. The van der Waals surface area contributed by atoms with Crippen LogP contribution in [0.15, 0.2) is 24.3 Å². The van der Waals surface area contributed by atoms with Crippen LogP contribution in [0.2, 0.25) is 0 Å². The summed E-state index contributed by atoms with van der Waals surface area (Å²) in [6.45, 7) is 0. The SMILES string of the molecule is O=C(OC1CCCCC1)C1CCCc2ccccc21. The minimum Gasteiger partial charge on any atom is -0.462 e. The van der Waals surface area contributed by atoms with Crippen LogP contribution in [0.25, 0.3) is 0 Å². The summed E-state index contributed by atoms with van der Waals surface area (Å²) in [5, 5.41) is 0. The minimum atomic E-state index is -0.0214. The van der Waals surface area contributed by atoms with Crippen molar-refractivity contribution in [2.75, 3.05) is 0 Å². The van der Waals surface area contributed by atoms with Gasteiger partial charge in [-0.15, -0.1) is 0 Å². The molecule has 3 rings (SSSR count). The van der Waals surface area contributed by atoms with Crippen LogP contribution < -0.4 is 0 Å². The van der Waals surface area contributed by atoms with E-state index in [0.29, 0.717) is 0 Å². The van der Waals surface area contributed by atoms with Gasteiger partial charge in [0, 0.05) is 0 Å². The molecule has 2 nitrogen and oxygen atoms in total. The number of carbonyl (C=O) groups is 1. The second-order valence-corrected chi connectivity index (χ2v) is 5.84. The Morgan fingerprint density at radius 3 is 2.63 bits per heavy atom. The van der Waals surface area contributed by atoms with E-state index >= 15 is 0 Å². The van der Waals surface area contributed by atoms with E-state index in [9.17, 15) is 4.79 Å². The third-order valence-electron chi connectivity index (χ3n) is 4.49. The molecule has 0 saturated heterocycles. The first kappa shape index (κ1) is 12.7. The van der Waals surface area contributed by atoms with Crippen molar-refractivity contribution in [2.45, 2.75) is 63.4 Å². The highest BCUT2D eigenvalue weighted by atomic mass is 16.5. The molecule has 0 aliphatic heterocycles. The van der Waals surface area contributed by atoms with Crippen molar-refractivity contribution in [3.05, 3.63) is 35.4 Å². The van der Waals surface area contributed by atoms with Crippen LogP contribution in [-0.2, 0) is 16.0 Å². The van der Waals surface area contributed by atoms with Gasteiger partial charge in [-0.1, -0.05) is 30.7 Å². The van der Waals surface area contributed by atoms with Gasteiger partial charge in [0.1, 0.15) is 6.10 Å². The number of ether oxygens (including phenoxy) is 1. The number of hydrogen-bond donors (Lipinski definition) is 0. The number of carbonyl (C=O) groups excluding carboxylic acids is 1. The molecule has 1 aromatic carbocycles. The maximum Gasteiger partial charge on any atom is 0.313 e. The molecule has 2 aliphatic rings. The van der Waals surface area contributed by atoms with Crippen molar-refractivity contribution >= 4 is 5.97 Å². The monoisotopic (exact) mass is 258 g/mol. The van der Waals surface area contributed by atoms with Gasteiger partial charge in [-0.25, -0.2) is 0 Å². The Balaban J connectivity index is 1.70. The van der Waals surface area contributed by atoms with Gasteiger partial charge in [-0.05, 0) is 56.1 Å². The smallest absolute Gasteiger partial charge is 0.313 e. The molecule has 2 heteroatoms. The number of hydrogen-bond acceptors (Lipinski definition) is 2. The van der Waals surface area contributed by atoms with Gasteiger partial charge in [0.05, 0.1) is 5.92 Å². The summed E-state index contributed by atoms with van der Waals surface area (Å²) >= 11 is 0. The Bertz CT molecular complexity index is 446. The predicted octanol–water partition coefficient (Wildman–Crippen LogP) is 3.98. The van der Waals surface area contributed by atoms with Gasteiger partial charge in [0.2, 0.25) is 0 Å². The summed E-state index contributed by atoms with van der Waals surface area (Å²) < 4.78 is 5.75. The van der Waals surface area contributed by atoms with Crippen molar-refractivity contribution < 1.29 is 9.53 Å². The first-order chi connectivity index (χ1) is 9.34. The first-order valence-corrected chi connectivity index (χ1v) is 7.63. The summed E-state index contributed by atoms with van der Waals surface area (Å²) in [5.41, 5.74) is 2.54.